The third kappa shape index (κ3) is 1.92. The average Bonchev–Trinajstić information content (AvgIpc) is 2.96. The lowest BCUT2D eigenvalue weighted by molar-refractivity contribution is -0.144. The number of carbonyl (C=O) groups is 1. The Morgan fingerprint density at radius 2 is 2.00 bits per heavy atom. The highest BCUT2D eigenvalue weighted by Gasteiger charge is 2.53. The van der Waals surface area contributed by atoms with E-state index < -0.39 is 11.6 Å². The molecule has 2 aromatic rings. The summed E-state index contributed by atoms with van der Waals surface area (Å²) in [5.74, 6) is 0.00519. The van der Waals surface area contributed by atoms with Gasteiger partial charge in [0.1, 0.15) is 12.5 Å². The van der Waals surface area contributed by atoms with Crippen LogP contribution >= 0.6 is 0 Å². The van der Waals surface area contributed by atoms with Crippen molar-refractivity contribution in [2.45, 2.75) is 37.5 Å². The molecule has 0 saturated heterocycles. The fourth-order valence-electron chi connectivity index (χ4n) is 3.53. The highest BCUT2D eigenvalue weighted by Crippen LogP contribution is 2.47. The molecule has 1 aromatic carbocycles. The van der Waals surface area contributed by atoms with E-state index in [1.807, 2.05) is 30.3 Å². The molecule has 0 unspecified atom stereocenters. The molecule has 1 saturated carbocycles. The van der Waals surface area contributed by atoms with Crippen LogP contribution in [0.1, 0.15) is 29.7 Å². The maximum atomic E-state index is 13.6. The molecule has 0 atom stereocenters. The molecular formula is C17H16FN3O. The Bertz CT molecular complexity index is 688. The summed E-state index contributed by atoms with van der Waals surface area (Å²) in [6.45, 7) is 1.00. The lowest BCUT2D eigenvalue weighted by Gasteiger charge is -2.45. The first-order valence-electron chi connectivity index (χ1n) is 7.46. The van der Waals surface area contributed by atoms with E-state index in [4.69, 9.17) is 0 Å². The van der Waals surface area contributed by atoms with Gasteiger partial charge in [-0.25, -0.2) is 14.4 Å². The quantitative estimate of drug-likeness (QED) is 0.855. The van der Waals surface area contributed by atoms with Crippen LogP contribution in [0.2, 0.25) is 0 Å². The van der Waals surface area contributed by atoms with Crippen LogP contribution in [0.3, 0.4) is 0 Å². The van der Waals surface area contributed by atoms with E-state index in [9.17, 15) is 9.18 Å². The summed E-state index contributed by atoms with van der Waals surface area (Å²) in [7, 11) is 0. The zero-order valence-electron chi connectivity index (χ0n) is 12.1. The first-order chi connectivity index (χ1) is 10.7. The molecule has 112 valence electrons. The second kappa shape index (κ2) is 4.87. The van der Waals surface area contributed by atoms with Crippen molar-refractivity contribution in [2.75, 3.05) is 0 Å². The zero-order chi connectivity index (χ0) is 15.2. The maximum absolute atomic E-state index is 13.6. The van der Waals surface area contributed by atoms with E-state index in [1.54, 1.807) is 11.1 Å². The molecule has 2 heterocycles. The van der Waals surface area contributed by atoms with Gasteiger partial charge in [0.2, 0.25) is 5.91 Å². The number of halogens is 1. The van der Waals surface area contributed by atoms with E-state index in [0.29, 0.717) is 13.1 Å². The molecule has 2 aliphatic rings. The van der Waals surface area contributed by atoms with E-state index in [-0.39, 0.29) is 18.7 Å². The second-order valence-electron chi connectivity index (χ2n) is 6.11. The van der Waals surface area contributed by atoms with Crippen molar-refractivity contribution < 1.29 is 9.18 Å². The lowest BCUT2D eigenvalue weighted by Crippen LogP contribution is -2.54. The minimum atomic E-state index is -0.895. The van der Waals surface area contributed by atoms with Crippen LogP contribution in [0.5, 0.6) is 0 Å². The molecule has 1 aromatic heterocycles. The van der Waals surface area contributed by atoms with Gasteiger partial charge in [-0.05, 0) is 18.4 Å². The first-order valence-corrected chi connectivity index (χ1v) is 7.46. The molecule has 4 rings (SSSR count). The van der Waals surface area contributed by atoms with Crippen LogP contribution in [0, 0.1) is 0 Å². The summed E-state index contributed by atoms with van der Waals surface area (Å²) in [4.78, 5) is 23.1. The number of nitrogens with zero attached hydrogens (tertiary/aromatic N) is 3. The molecule has 0 spiro atoms. The Hall–Kier alpha value is -2.30. The number of amides is 1. The van der Waals surface area contributed by atoms with Gasteiger partial charge < -0.3 is 4.90 Å². The van der Waals surface area contributed by atoms with Crippen LogP contribution in [-0.2, 0) is 23.3 Å². The number of aromatic nitrogens is 2. The monoisotopic (exact) mass is 297 g/mol. The normalized spacial score (nSPS) is 26.4. The highest BCUT2D eigenvalue weighted by molar-refractivity contribution is 5.90. The molecule has 4 nitrogen and oxygen atoms in total. The number of rotatable bonds is 2. The van der Waals surface area contributed by atoms with Crippen molar-refractivity contribution in [1.82, 2.24) is 14.9 Å². The van der Waals surface area contributed by atoms with Crippen molar-refractivity contribution in [3.8, 4) is 0 Å². The largest absolute Gasteiger partial charge is 0.332 e. The van der Waals surface area contributed by atoms with Gasteiger partial charge in [-0.2, -0.15) is 0 Å². The highest BCUT2D eigenvalue weighted by atomic mass is 19.1. The molecule has 22 heavy (non-hydrogen) atoms. The van der Waals surface area contributed by atoms with Gasteiger partial charge in [0, 0.05) is 18.3 Å². The molecule has 1 fully saturated rings. The standard InChI is InChI=1S/C17H16FN3O/c18-14-6-17(7-14,13-4-2-1-3-5-13)16(22)21-9-12-8-19-11-20-15(12)10-21/h1-5,8,11,14H,6-7,9-10H2. The fraction of sp³-hybridized carbons (Fsp3) is 0.353. The van der Waals surface area contributed by atoms with E-state index in [1.165, 1.54) is 6.33 Å². The van der Waals surface area contributed by atoms with Gasteiger partial charge >= 0.3 is 0 Å². The molecule has 1 aliphatic carbocycles. The molecule has 0 radical (unpaired) electrons. The van der Waals surface area contributed by atoms with Crippen LogP contribution < -0.4 is 0 Å². The number of carbonyl (C=O) groups excluding carboxylic acids is 1. The SMILES string of the molecule is O=C(N1Cc2cncnc2C1)C1(c2ccccc2)CC(F)C1. The number of hydrogen-bond donors (Lipinski definition) is 0. The van der Waals surface area contributed by atoms with Crippen LogP contribution in [0.25, 0.3) is 0 Å². The van der Waals surface area contributed by atoms with E-state index in [2.05, 4.69) is 9.97 Å². The zero-order valence-corrected chi connectivity index (χ0v) is 12.1. The summed E-state index contributed by atoms with van der Waals surface area (Å²) >= 11 is 0. The van der Waals surface area contributed by atoms with Gasteiger partial charge in [-0.3, -0.25) is 4.79 Å². The van der Waals surface area contributed by atoms with Crippen LogP contribution in [0.4, 0.5) is 4.39 Å². The van der Waals surface area contributed by atoms with Crippen molar-refractivity contribution in [2.24, 2.45) is 0 Å². The molecule has 1 amide bonds. The predicted octanol–water partition coefficient (Wildman–Crippen LogP) is 2.39. The number of alkyl halides is 1. The lowest BCUT2D eigenvalue weighted by atomic mass is 9.62. The second-order valence-corrected chi connectivity index (χ2v) is 6.11. The number of fused-ring (bicyclic) bond motifs is 1. The Labute approximate surface area is 128 Å². The predicted molar refractivity (Wildman–Crippen MR) is 78.5 cm³/mol. The van der Waals surface area contributed by atoms with Gasteiger partial charge in [-0.1, -0.05) is 30.3 Å². The number of hydrogen-bond acceptors (Lipinski definition) is 3. The Kier molecular flexibility index (Phi) is 2.96. The minimum Gasteiger partial charge on any atom is -0.332 e. The smallest absolute Gasteiger partial charge is 0.234 e. The Morgan fingerprint density at radius 1 is 1.23 bits per heavy atom. The molecule has 1 aliphatic heterocycles. The van der Waals surface area contributed by atoms with Crippen molar-refractivity contribution in [3.05, 3.63) is 59.7 Å². The van der Waals surface area contributed by atoms with Crippen LogP contribution in [-0.4, -0.2) is 26.9 Å². The fourth-order valence-corrected chi connectivity index (χ4v) is 3.53. The maximum Gasteiger partial charge on any atom is 0.234 e. The van der Waals surface area contributed by atoms with Crippen molar-refractivity contribution >= 4 is 5.91 Å². The van der Waals surface area contributed by atoms with Gasteiger partial charge in [0.15, 0.2) is 0 Å². The topological polar surface area (TPSA) is 46.1 Å². The first kappa shape index (κ1) is 13.4. The number of benzene rings is 1. The van der Waals surface area contributed by atoms with Crippen LogP contribution in [0.15, 0.2) is 42.9 Å². The molecule has 0 N–H and O–H groups in total. The molecule has 0 bridgehead atoms. The van der Waals surface area contributed by atoms with Crippen molar-refractivity contribution in [1.29, 1.82) is 0 Å². The minimum absolute atomic E-state index is 0.00519. The summed E-state index contributed by atoms with van der Waals surface area (Å²) < 4.78 is 13.6. The Balaban J connectivity index is 1.64. The van der Waals surface area contributed by atoms with Gasteiger partial charge in [0.25, 0.3) is 0 Å². The van der Waals surface area contributed by atoms with E-state index >= 15 is 0 Å². The summed E-state index contributed by atoms with van der Waals surface area (Å²) in [5, 5.41) is 0. The molecule has 5 heteroatoms. The summed E-state index contributed by atoms with van der Waals surface area (Å²) in [6, 6.07) is 9.56. The van der Waals surface area contributed by atoms with Gasteiger partial charge in [-0.15, -0.1) is 0 Å². The molecular weight excluding hydrogens is 281 g/mol. The summed E-state index contributed by atoms with van der Waals surface area (Å²) in [6.07, 6.45) is 2.90. The van der Waals surface area contributed by atoms with Crippen molar-refractivity contribution in [3.63, 3.8) is 0 Å². The third-order valence-electron chi connectivity index (χ3n) is 4.75. The summed E-state index contributed by atoms with van der Waals surface area (Å²) in [5.41, 5.74) is 2.07. The van der Waals surface area contributed by atoms with Gasteiger partial charge in [0.05, 0.1) is 17.7 Å². The van der Waals surface area contributed by atoms with E-state index in [0.717, 1.165) is 16.8 Å². The Morgan fingerprint density at radius 3 is 2.68 bits per heavy atom. The average molecular weight is 297 g/mol. The third-order valence-corrected chi connectivity index (χ3v) is 4.75.